The van der Waals surface area contributed by atoms with Crippen LogP contribution in [0.3, 0.4) is 0 Å². The molecule has 2 aromatic rings. The molecule has 1 saturated heterocycles. The van der Waals surface area contributed by atoms with Crippen LogP contribution in [0.5, 0.6) is 0 Å². The molecule has 0 amide bonds. The minimum absolute atomic E-state index is 0.129. The zero-order chi connectivity index (χ0) is 19.9. The molecule has 0 N–H and O–H groups in total. The lowest BCUT2D eigenvalue weighted by Crippen LogP contribution is -2.39. The van der Waals surface area contributed by atoms with Gasteiger partial charge in [0.2, 0.25) is 0 Å². The van der Waals surface area contributed by atoms with E-state index >= 15 is 0 Å². The summed E-state index contributed by atoms with van der Waals surface area (Å²) < 4.78 is 5.64. The van der Waals surface area contributed by atoms with Gasteiger partial charge in [-0.05, 0) is 73.6 Å². The second-order valence-corrected chi connectivity index (χ2v) is 8.06. The summed E-state index contributed by atoms with van der Waals surface area (Å²) in [4.78, 5) is 25.8. The number of carbonyl (C=O) groups is 2. The Morgan fingerprint density at radius 2 is 1.89 bits per heavy atom. The van der Waals surface area contributed by atoms with Gasteiger partial charge in [0.15, 0.2) is 11.4 Å². The predicted octanol–water partition coefficient (Wildman–Crippen LogP) is 5.10. The van der Waals surface area contributed by atoms with Gasteiger partial charge in [0.1, 0.15) is 5.92 Å². The van der Waals surface area contributed by atoms with E-state index in [4.69, 9.17) is 21.6 Å². The Morgan fingerprint density at radius 1 is 1.14 bits per heavy atom. The summed E-state index contributed by atoms with van der Waals surface area (Å²) >= 11 is 6.54. The average Bonchev–Trinajstić information content (AvgIpc) is 2.93. The van der Waals surface area contributed by atoms with Gasteiger partial charge < -0.3 is 4.74 Å². The molecule has 2 fully saturated rings. The van der Waals surface area contributed by atoms with Crippen molar-refractivity contribution in [2.75, 3.05) is 0 Å². The number of hydrogen-bond acceptors (Lipinski definition) is 4. The highest BCUT2D eigenvalue weighted by Gasteiger charge is 2.55. The van der Waals surface area contributed by atoms with E-state index in [9.17, 15) is 9.59 Å². The normalized spacial score (nSPS) is 20.8. The highest BCUT2D eigenvalue weighted by Crippen LogP contribution is 2.45. The van der Waals surface area contributed by atoms with Crippen LogP contribution in [0.4, 0.5) is 0 Å². The maximum atomic E-state index is 13.2. The molecule has 28 heavy (non-hydrogen) atoms. The van der Waals surface area contributed by atoms with Crippen LogP contribution in [-0.2, 0) is 14.3 Å². The van der Waals surface area contributed by atoms with Crippen molar-refractivity contribution in [3.63, 3.8) is 0 Å². The number of ether oxygens (including phenoxy) is 1. The van der Waals surface area contributed by atoms with E-state index in [0.717, 1.165) is 36.0 Å². The number of rotatable bonds is 2. The molecule has 1 aliphatic carbocycles. The van der Waals surface area contributed by atoms with Crippen LogP contribution in [0.1, 0.15) is 54.7 Å². The van der Waals surface area contributed by atoms with Gasteiger partial charge >= 0.3 is 5.97 Å². The lowest BCUT2D eigenvalue weighted by Gasteiger charge is -2.29. The monoisotopic (exact) mass is 393 g/mol. The first-order valence-electron chi connectivity index (χ1n) is 9.53. The molecule has 1 saturated carbocycles. The third kappa shape index (κ3) is 3.00. The third-order valence-corrected chi connectivity index (χ3v) is 6.19. The quantitative estimate of drug-likeness (QED) is 0.525. The lowest BCUT2D eigenvalue weighted by molar-refractivity contribution is -0.154. The molecule has 1 unspecified atom stereocenters. The molecule has 4 nitrogen and oxygen atoms in total. The Kier molecular flexibility index (Phi) is 4.72. The Morgan fingerprint density at radius 3 is 2.61 bits per heavy atom. The zero-order valence-corrected chi connectivity index (χ0v) is 16.4. The van der Waals surface area contributed by atoms with Crippen molar-refractivity contribution in [3.05, 3.63) is 58.1 Å². The maximum Gasteiger partial charge on any atom is 0.322 e. The van der Waals surface area contributed by atoms with Crippen LogP contribution in [0, 0.1) is 18.3 Å². The molecule has 5 heteroatoms. The number of aryl methyl sites for hydroxylation is 1. The van der Waals surface area contributed by atoms with E-state index in [2.05, 4.69) is 6.07 Å². The largest absolute Gasteiger partial charge is 0.450 e. The maximum absolute atomic E-state index is 13.2. The molecule has 2 aliphatic rings. The predicted molar refractivity (Wildman–Crippen MR) is 106 cm³/mol. The summed E-state index contributed by atoms with van der Waals surface area (Å²) in [7, 11) is 0. The standard InChI is InChI=1S/C23H20ClNO3/c1-14-10-18(16-7-5-6-15(11-16)13-25)19(24)12-17(14)20-21(26)23(28-22(20)27)8-3-2-4-9-23/h5-7,10-12,20H,2-4,8-9H2,1H3. The topological polar surface area (TPSA) is 67.2 Å². The highest BCUT2D eigenvalue weighted by atomic mass is 35.5. The fourth-order valence-electron chi connectivity index (χ4n) is 4.40. The third-order valence-electron chi connectivity index (χ3n) is 5.87. The van der Waals surface area contributed by atoms with Crippen LogP contribution < -0.4 is 0 Å². The van der Waals surface area contributed by atoms with Gasteiger partial charge in [-0.1, -0.05) is 30.2 Å². The minimum Gasteiger partial charge on any atom is -0.450 e. The number of benzene rings is 2. The fraction of sp³-hybridized carbons (Fsp3) is 0.348. The van der Waals surface area contributed by atoms with Gasteiger partial charge in [-0.2, -0.15) is 5.26 Å². The number of carbonyl (C=O) groups excluding carboxylic acids is 2. The van der Waals surface area contributed by atoms with Gasteiger partial charge in [-0.15, -0.1) is 0 Å². The van der Waals surface area contributed by atoms with Crippen LogP contribution in [0.2, 0.25) is 5.02 Å². The number of esters is 1. The Labute approximate surface area is 169 Å². The van der Waals surface area contributed by atoms with Crippen molar-refractivity contribution in [1.82, 2.24) is 0 Å². The number of nitrogens with zero attached hydrogens (tertiary/aromatic N) is 1. The molecular formula is C23H20ClNO3. The summed E-state index contributed by atoms with van der Waals surface area (Å²) in [5.74, 6) is -1.50. The van der Waals surface area contributed by atoms with E-state index in [1.807, 2.05) is 19.1 Å². The fourth-order valence-corrected chi connectivity index (χ4v) is 4.68. The summed E-state index contributed by atoms with van der Waals surface area (Å²) in [5.41, 5.74) is 2.62. The summed E-state index contributed by atoms with van der Waals surface area (Å²) in [5, 5.41) is 9.57. The molecule has 0 aromatic heterocycles. The molecule has 1 aliphatic heterocycles. The van der Waals surface area contributed by atoms with Crippen LogP contribution in [0.25, 0.3) is 11.1 Å². The molecule has 2 aromatic carbocycles. The summed E-state index contributed by atoms with van der Waals surface area (Å²) in [6.07, 6.45) is 4.09. The van der Waals surface area contributed by atoms with E-state index in [1.165, 1.54) is 0 Å². The number of ketones is 1. The van der Waals surface area contributed by atoms with E-state index in [-0.39, 0.29) is 5.78 Å². The molecule has 4 rings (SSSR count). The smallest absolute Gasteiger partial charge is 0.322 e. The zero-order valence-electron chi connectivity index (χ0n) is 15.6. The number of halogens is 1. The SMILES string of the molecule is Cc1cc(-c2cccc(C#N)c2)c(Cl)cc1C1C(=O)OC2(CCCCC2)C1=O. The molecular weight excluding hydrogens is 374 g/mol. The second-order valence-electron chi connectivity index (χ2n) is 7.65. The molecule has 0 bridgehead atoms. The first-order valence-corrected chi connectivity index (χ1v) is 9.91. The Balaban J connectivity index is 1.73. The van der Waals surface area contributed by atoms with Gasteiger partial charge in [0.25, 0.3) is 0 Å². The van der Waals surface area contributed by atoms with E-state index in [0.29, 0.717) is 29.0 Å². The minimum atomic E-state index is -0.946. The summed E-state index contributed by atoms with van der Waals surface area (Å²) in [6.45, 7) is 1.87. The summed E-state index contributed by atoms with van der Waals surface area (Å²) in [6, 6.07) is 12.9. The van der Waals surface area contributed by atoms with Gasteiger partial charge in [-0.25, -0.2) is 0 Å². The highest BCUT2D eigenvalue weighted by molar-refractivity contribution is 6.33. The van der Waals surface area contributed by atoms with Crippen LogP contribution >= 0.6 is 11.6 Å². The number of nitriles is 1. The van der Waals surface area contributed by atoms with Crippen molar-refractivity contribution in [1.29, 1.82) is 5.26 Å². The van der Waals surface area contributed by atoms with E-state index in [1.54, 1.807) is 24.3 Å². The molecule has 1 spiro atoms. The number of hydrogen-bond donors (Lipinski definition) is 0. The van der Waals surface area contributed by atoms with Gasteiger partial charge in [-0.3, -0.25) is 9.59 Å². The first kappa shape index (κ1) is 18.7. The number of Topliss-reactive ketones (excluding diaryl/α,β-unsaturated/α-hetero) is 1. The van der Waals surface area contributed by atoms with E-state index < -0.39 is 17.5 Å². The van der Waals surface area contributed by atoms with Crippen molar-refractivity contribution >= 4 is 23.4 Å². The van der Waals surface area contributed by atoms with Gasteiger partial charge in [0.05, 0.1) is 11.6 Å². The molecule has 0 radical (unpaired) electrons. The van der Waals surface area contributed by atoms with Crippen molar-refractivity contribution < 1.29 is 14.3 Å². The lowest BCUT2D eigenvalue weighted by atomic mass is 9.77. The molecule has 1 atom stereocenters. The second kappa shape index (κ2) is 7.07. The van der Waals surface area contributed by atoms with Gasteiger partial charge in [0, 0.05) is 10.6 Å². The van der Waals surface area contributed by atoms with Crippen LogP contribution in [-0.4, -0.2) is 17.4 Å². The van der Waals surface area contributed by atoms with Crippen molar-refractivity contribution in [3.8, 4) is 17.2 Å². The molecule has 1 heterocycles. The first-order chi connectivity index (χ1) is 13.4. The van der Waals surface area contributed by atoms with Crippen LogP contribution in [0.15, 0.2) is 36.4 Å². The Bertz CT molecular complexity index is 1010. The Hall–Kier alpha value is -2.64. The van der Waals surface area contributed by atoms with Crippen molar-refractivity contribution in [2.45, 2.75) is 50.5 Å². The van der Waals surface area contributed by atoms with Crippen molar-refractivity contribution in [2.24, 2.45) is 0 Å². The average molecular weight is 394 g/mol. The molecule has 142 valence electrons.